The Morgan fingerprint density at radius 3 is 1.85 bits per heavy atom. The number of nitro groups is 2. The fraction of sp³-hybridized carbons (Fsp3) is 0.0385. The smallest absolute Gasteiger partial charge is 0.351 e. The molecule has 0 saturated heterocycles. The van der Waals surface area contributed by atoms with Crippen LogP contribution in [-0.4, -0.2) is 38.0 Å². The Balaban J connectivity index is 1.63. The van der Waals surface area contributed by atoms with Crippen LogP contribution < -0.4 is 9.62 Å². The monoisotopic (exact) mass is 548 g/mol. The van der Waals surface area contributed by atoms with Gasteiger partial charge in [-0.2, -0.15) is 4.89 Å². The summed E-state index contributed by atoms with van der Waals surface area (Å²) in [5, 5.41) is 42.2. The minimum atomic E-state index is -1.56. The molecular weight excluding hydrogens is 532 g/mol. The van der Waals surface area contributed by atoms with E-state index < -0.39 is 56.9 Å². The number of carboxylic acids is 2. The Labute approximate surface area is 222 Å². The Kier molecular flexibility index (Phi) is 7.63. The summed E-state index contributed by atoms with van der Waals surface area (Å²) in [6.45, 7) is -0.598. The zero-order valence-corrected chi connectivity index (χ0v) is 20.0. The minimum Gasteiger partial charge on any atom is -0.478 e. The van der Waals surface area contributed by atoms with E-state index in [1.807, 2.05) is 0 Å². The Morgan fingerprint density at radius 1 is 0.700 bits per heavy atom. The van der Waals surface area contributed by atoms with Crippen molar-refractivity contribution in [2.45, 2.75) is 6.61 Å². The van der Waals surface area contributed by atoms with Crippen molar-refractivity contribution in [1.82, 2.24) is 0 Å². The van der Waals surface area contributed by atoms with Crippen molar-refractivity contribution in [2.75, 3.05) is 0 Å². The molecule has 0 aromatic heterocycles. The number of nitro benzene ring substituents is 2. The molecule has 14 nitrogen and oxygen atoms in total. The van der Waals surface area contributed by atoms with Gasteiger partial charge in [-0.15, -0.1) is 0 Å². The first-order valence-electron chi connectivity index (χ1n) is 11.1. The first-order valence-corrected chi connectivity index (χ1v) is 11.1. The lowest BCUT2D eigenvalue weighted by Gasteiger charge is -2.13. The maximum absolute atomic E-state index is 12.9. The van der Waals surface area contributed by atoms with Crippen LogP contribution in [0.25, 0.3) is 10.8 Å². The van der Waals surface area contributed by atoms with E-state index in [4.69, 9.17) is 14.5 Å². The van der Waals surface area contributed by atoms with Gasteiger partial charge in [0.05, 0.1) is 26.5 Å². The predicted molar refractivity (Wildman–Crippen MR) is 134 cm³/mol. The fourth-order valence-corrected chi connectivity index (χ4v) is 3.89. The quantitative estimate of drug-likeness (QED) is 0.0902. The number of benzene rings is 4. The second-order valence-electron chi connectivity index (χ2n) is 7.97. The van der Waals surface area contributed by atoms with E-state index in [-0.39, 0.29) is 28.0 Å². The van der Waals surface area contributed by atoms with Gasteiger partial charge in [-0.3, -0.25) is 20.2 Å². The van der Waals surface area contributed by atoms with Crippen LogP contribution in [0.5, 0.6) is 11.5 Å². The number of rotatable bonds is 10. The molecule has 0 amide bonds. The van der Waals surface area contributed by atoms with Crippen molar-refractivity contribution in [2.24, 2.45) is 0 Å². The maximum atomic E-state index is 12.9. The highest BCUT2D eigenvalue weighted by Gasteiger charge is 2.29. The first-order chi connectivity index (χ1) is 19.1. The minimum absolute atomic E-state index is 0.0581. The number of fused-ring (bicyclic) bond motifs is 1. The van der Waals surface area contributed by atoms with Gasteiger partial charge in [0, 0.05) is 22.9 Å². The van der Waals surface area contributed by atoms with E-state index in [0.29, 0.717) is 5.39 Å². The van der Waals surface area contributed by atoms with Gasteiger partial charge < -0.3 is 19.8 Å². The van der Waals surface area contributed by atoms with Gasteiger partial charge >= 0.3 is 17.9 Å². The lowest BCUT2D eigenvalue weighted by atomic mass is 10.1. The third-order valence-electron chi connectivity index (χ3n) is 5.65. The zero-order chi connectivity index (χ0) is 29.0. The molecule has 0 unspecified atom stereocenters. The molecule has 2 N–H and O–H groups in total. The van der Waals surface area contributed by atoms with Crippen molar-refractivity contribution in [3.8, 4) is 11.5 Å². The summed E-state index contributed by atoms with van der Waals surface area (Å²) >= 11 is 0. The Morgan fingerprint density at radius 2 is 1.25 bits per heavy atom. The number of aromatic carboxylic acids is 2. The molecule has 0 bridgehead atoms. The van der Waals surface area contributed by atoms with Gasteiger partial charge in [-0.25, -0.2) is 14.4 Å². The van der Waals surface area contributed by atoms with Gasteiger partial charge in [0.15, 0.2) is 11.3 Å². The number of carbonyl (C=O) groups is 3. The normalized spacial score (nSPS) is 10.6. The van der Waals surface area contributed by atoms with Crippen LogP contribution in [0, 0.1) is 20.2 Å². The average Bonchev–Trinajstić information content (AvgIpc) is 2.93. The second kappa shape index (κ2) is 11.2. The molecule has 0 aliphatic heterocycles. The first kappa shape index (κ1) is 27.2. The van der Waals surface area contributed by atoms with Gasteiger partial charge in [-0.05, 0) is 24.3 Å². The molecule has 0 radical (unpaired) electrons. The van der Waals surface area contributed by atoms with Crippen molar-refractivity contribution in [3.05, 3.63) is 115 Å². The SMILES string of the molecule is O=C(O)c1cccc([N+](=O)[O-])c1COOc1ccc(OC(=O)c2c(C(=O)O)cccc2[N+](=O)[O-])c2ccccc12. The number of nitrogens with zero attached hydrogens (tertiary/aromatic N) is 2. The molecule has 4 rings (SSSR count). The maximum Gasteiger partial charge on any atom is 0.351 e. The molecule has 0 atom stereocenters. The molecule has 4 aromatic carbocycles. The number of esters is 1. The fourth-order valence-electron chi connectivity index (χ4n) is 3.89. The van der Waals surface area contributed by atoms with Gasteiger partial charge in [0.2, 0.25) is 0 Å². The standard InChI is InChI=1S/C26H16N2O12/c29-24(30)16-7-3-9-19(27(34)35)18(16)13-38-40-22-12-11-21(14-5-1-2-6-15(14)22)39-26(33)23-17(25(31)32)8-4-10-20(23)28(36)37/h1-12H,13H2,(H,29,30)(H,31,32). The van der Waals surface area contributed by atoms with E-state index >= 15 is 0 Å². The van der Waals surface area contributed by atoms with Crippen LogP contribution in [0.4, 0.5) is 11.4 Å². The van der Waals surface area contributed by atoms with Crippen LogP contribution in [-0.2, 0) is 11.5 Å². The summed E-state index contributed by atoms with van der Waals surface area (Å²) in [5.41, 5.74) is -3.17. The highest BCUT2D eigenvalue weighted by Crippen LogP contribution is 2.35. The highest BCUT2D eigenvalue weighted by atomic mass is 17.2. The lowest BCUT2D eigenvalue weighted by Crippen LogP contribution is -2.16. The molecular formula is C26H16N2O12. The van der Waals surface area contributed by atoms with Crippen LogP contribution in [0.1, 0.15) is 36.6 Å². The topological polar surface area (TPSA) is 206 Å². The number of hydrogen-bond acceptors (Lipinski definition) is 10. The van der Waals surface area contributed by atoms with Gasteiger partial charge in [0.25, 0.3) is 11.4 Å². The summed E-state index contributed by atoms with van der Waals surface area (Å²) in [6, 6.07) is 15.5. The van der Waals surface area contributed by atoms with Crippen molar-refractivity contribution in [1.29, 1.82) is 0 Å². The largest absolute Gasteiger partial charge is 0.478 e. The van der Waals surface area contributed by atoms with E-state index in [0.717, 1.165) is 24.3 Å². The second-order valence-corrected chi connectivity index (χ2v) is 7.97. The molecule has 40 heavy (non-hydrogen) atoms. The molecule has 0 saturated carbocycles. The molecule has 0 aliphatic carbocycles. The molecule has 202 valence electrons. The van der Waals surface area contributed by atoms with Crippen molar-refractivity contribution < 1.29 is 49.0 Å². The highest BCUT2D eigenvalue weighted by molar-refractivity contribution is 6.07. The van der Waals surface area contributed by atoms with Crippen LogP contribution in [0.15, 0.2) is 72.8 Å². The number of hydrogen-bond donors (Lipinski definition) is 2. The Hall–Kier alpha value is -5.89. The molecule has 0 heterocycles. The summed E-state index contributed by atoms with van der Waals surface area (Å²) in [7, 11) is 0. The Bertz CT molecular complexity index is 1630. The molecule has 14 heteroatoms. The average molecular weight is 548 g/mol. The predicted octanol–water partition coefficient (Wildman–Crippen LogP) is 4.78. The van der Waals surface area contributed by atoms with Gasteiger partial charge in [0.1, 0.15) is 12.4 Å². The molecule has 4 aromatic rings. The van der Waals surface area contributed by atoms with Crippen LogP contribution in [0.2, 0.25) is 0 Å². The van der Waals surface area contributed by atoms with Crippen LogP contribution >= 0.6 is 0 Å². The zero-order valence-electron chi connectivity index (χ0n) is 20.0. The molecule has 0 aliphatic rings. The number of ether oxygens (including phenoxy) is 1. The summed E-state index contributed by atoms with van der Waals surface area (Å²) in [4.78, 5) is 67.7. The lowest BCUT2D eigenvalue weighted by molar-refractivity contribution is -0.386. The van der Waals surface area contributed by atoms with E-state index in [1.165, 1.54) is 30.3 Å². The molecule has 0 spiro atoms. The summed E-state index contributed by atoms with van der Waals surface area (Å²) < 4.78 is 5.37. The van der Waals surface area contributed by atoms with Gasteiger partial charge in [-0.1, -0.05) is 36.4 Å². The summed E-state index contributed by atoms with van der Waals surface area (Å²) in [5.74, 6) is -4.27. The molecule has 0 fully saturated rings. The number of carboxylic acid groups (broad SMARTS) is 2. The van der Waals surface area contributed by atoms with Crippen molar-refractivity contribution >= 4 is 40.1 Å². The van der Waals surface area contributed by atoms with Crippen LogP contribution in [0.3, 0.4) is 0 Å². The van der Waals surface area contributed by atoms with E-state index in [2.05, 4.69) is 0 Å². The van der Waals surface area contributed by atoms with E-state index in [9.17, 15) is 44.8 Å². The summed E-state index contributed by atoms with van der Waals surface area (Å²) in [6.07, 6.45) is 0. The van der Waals surface area contributed by atoms with E-state index in [1.54, 1.807) is 18.2 Å². The number of carbonyl (C=O) groups excluding carboxylic acids is 1. The third kappa shape index (κ3) is 5.36. The van der Waals surface area contributed by atoms with Crippen molar-refractivity contribution in [3.63, 3.8) is 0 Å². The third-order valence-corrected chi connectivity index (χ3v) is 5.65.